The van der Waals surface area contributed by atoms with Gasteiger partial charge in [-0.3, -0.25) is 0 Å². The summed E-state index contributed by atoms with van der Waals surface area (Å²) in [5.74, 6) is 0.365. The first-order chi connectivity index (χ1) is 4.74. The van der Waals surface area contributed by atoms with Gasteiger partial charge in [-0.1, -0.05) is 28.1 Å². The Hall–Kier alpha value is -0.500. The van der Waals surface area contributed by atoms with E-state index in [-0.39, 0.29) is 0 Å². The number of hydrogen-bond donors (Lipinski definition) is 1. The summed E-state index contributed by atoms with van der Waals surface area (Å²) in [7, 11) is 0. The van der Waals surface area contributed by atoms with Gasteiger partial charge in [0.2, 0.25) is 0 Å². The van der Waals surface area contributed by atoms with Crippen molar-refractivity contribution >= 4 is 15.9 Å². The summed E-state index contributed by atoms with van der Waals surface area (Å²) in [4.78, 5) is 0. The predicted octanol–water partition coefficient (Wildman–Crippen LogP) is 2.60. The van der Waals surface area contributed by atoms with Crippen molar-refractivity contribution in [3.8, 4) is 5.75 Å². The Morgan fingerprint density at radius 1 is 1.50 bits per heavy atom. The van der Waals surface area contributed by atoms with Gasteiger partial charge < -0.3 is 5.11 Å². The third kappa shape index (κ3) is 1.51. The standard InChI is InChI=1S/C8H9BrO/c1-6-4-7(5-9)2-3-8(6)10/h2-4,10H,5H2,1H3. The van der Waals surface area contributed by atoms with Crippen molar-refractivity contribution in [2.45, 2.75) is 12.3 Å². The molecule has 1 nitrogen and oxygen atoms in total. The lowest BCUT2D eigenvalue weighted by Crippen LogP contribution is -1.79. The largest absolute Gasteiger partial charge is 0.508 e. The van der Waals surface area contributed by atoms with Crippen molar-refractivity contribution in [3.05, 3.63) is 29.3 Å². The maximum Gasteiger partial charge on any atom is 0.118 e. The highest BCUT2D eigenvalue weighted by atomic mass is 79.9. The lowest BCUT2D eigenvalue weighted by molar-refractivity contribution is 0.471. The fourth-order valence-corrected chi connectivity index (χ4v) is 1.15. The van der Waals surface area contributed by atoms with Crippen LogP contribution in [0.4, 0.5) is 0 Å². The maximum absolute atomic E-state index is 9.12. The van der Waals surface area contributed by atoms with Gasteiger partial charge in [0.15, 0.2) is 0 Å². The van der Waals surface area contributed by atoms with E-state index in [0.29, 0.717) is 5.75 Å². The molecule has 0 aliphatic rings. The summed E-state index contributed by atoms with van der Waals surface area (Å²) in [6, 6.07) is 5.58. The second-order valence-electron chi connectivity index (χ2n) is 2.25. The Bertz CT molecular complexity index is 233. The van der Waals surface area contributed by atoms with E-state index in [1.54, 1.807) is 6.07 Å². The van der Waals surface area contributed by atoms with Crippen molar-refractivity contribution in [2.75, 3.05) is 0 Å². The number of aromatic hydroxyl groups is 1. The highest BCUT2D eigenvalue weighted by molar-refractivity contribution is 9.08. The van der Waals surface area contributed by atoms with E-state index in [1.165, 1.54) is 5.56 Å². The predicted molar refractivity (Wildman–Crippen MR) is 45.5 cm³/mol. The lowest BCUT2D eigenvalue weighted by Gasteiger charge is -1.99. The van der Waals surface area contributed by atoms with Gasteiger partial charge >= 0.3 is 0 Å². The molecule has 0 radical (unpaired) electrons. The molecule has 0 fully saturated rings. The number of alkyl halides is 1. The van der Waals surface area contributed by atoms with E-state index >= 15 is 0 Å². The van der Waals surface area contributed by atoms with Crippen LogP contribution in [0.1, 0.15) is 11.1 Å². The quantitative estimate of drug-likeness (QED) is 0.692. The molecule has 0 amide bonds. The summed E-state index contributed by atoms with van der Waals surface area (Å²) in [6.45, 7) is 1.89. The zero-order chi connectivity index (χ0) is 7.56. The molecule has 0 aliphatic carbocycles. The molecular formula is C8H9BrO. The number of benzene rings is 1. The van der Waals surface area contributed by atoms with Crippen LogP contribution in [0.15, 0.2) is 18.2 Å². The van der Waals surface area contributed by atoms with Crippen molar-refractivity contribution in [3.63, 3.8) is 0 Å². The first-order valence-corrected chi connectivity index (χ1v) is 4.20. The molecule has 1 aromatic rings. The molecule has 2 heteroatoms. The smallest absolute Gasteiger partial charge is 0.118 e. The van der Waals surface area contributed by atoms with Gasteiger partial charge in [-0.25, -0.2) is 0 Å². The van der Waals surface area contributed by atoms with Crippen LogP contribution in [0.2, 0.25) is 0 Å². The van der Waals surface area contributed by atoms with Crippen LogP contribution in [-0.2, 0) is 5.33 Å². The molecule has 10 heavy (non-hydrogen) atoms. The topological polar surface area (TPSA) is 20.2 Å². The van der Waals surface area contributed by atoms with Crippen molar-refractivity contribution in [2.24, 2.45) is 0 Å². The van der Waals surface area contributed by atoms with Crippen molar-refractivity contribution < 1.29 is 5.11 Å². The Labute approximate surface area is 68.8 Å². The van der Waals surface area contributed by atoms with Crippen molar-refractivity contribution in [1.29, 1.82) is 0 Å². The van der Waals surface area contributed by atoms with Crippen LogP contribution >= 0.6 is 15.9 Å². The highest BCUT2D eigenvalue weighted by Crippen LogP contribution is 2.17. The van der Waals surface area contributed by atoms with E-state index in [1.807, 2.05) is 19.1 Å². The maximum atomic E-state index is 9.12. The number of phenolic OH excluding ortho intramolecular Hbond substituents is 1. The minimum absolute atomic E-state index is 0.365. The van der Waals surface area contributed by atoms with Crippen LogP contribution in [0, 0.1) is 6.92 Å². The number of rotatable bonds is 1. The van der Waals surface area contributed by atoms with Crippen LogP contribution in [0.5, 0.6) is 5.75 Å². The van der Waals surface area contributed by atoms with Crippen LogP contribution in [0.3, 0.4) is 0 Å². The molecule has 0 heterocycles. The Balaban J connectivity index is 3.04. The normalized spacial score (nSPS) is 9.80. The molecule has 0 aliphatic heterocycles. The summed E-state index contributed by atoms with van der Waals surface area (Å²) in [5, 5.41) is 9.97. The molecule has 54 valence electrons. The van der Waals surface area contributed by atoms with Gasteiger partial charge in [-0.15, -0.1) is 0 Å². The Morgan fingerprint density at radius 2 is 2.20 bits per heavy atom. The SMILES string of the molecule is Cc1cc(CBr)ccc1O. The zero-order valence-electron chi connectivity index (χ0n) is 5.76. The second kappa shape index (κ2) is 3.06. The molecule has 0 saturated heterocycles. The molecule has 1 aromatic carbocycles. The number of aryl methyl sites for hydroxylation is 1. The number of halogens is 1. The summed E-state index contributed by atoms with van der Waals surface area (Å²) in [5.41, 5.74) is 2.12. The molecule has 1 rings (SSSR count). The number of hydrogen-bond acceptors (Lipinski definition) is 1. The third-order valence-electron chi connectivity index (χ3n) is 1.42. The Kier molecular flexibility index (Phi) is 2.33. The highest BCUT2D eigenvalue weighted by Gasteiger charge is 1.94. The van der Waals surface area contributed by atoms with Crippen LogP contribution < -0.4 is 0 Å². The Morgan fingerprint density at radius 3 is 2.70 bits per heavy atom. The second-order valence-corrected chi connectivity index (χ2v) is 2.82. The number of phenols is 1. The van der Waals surface area contributed by atoms with Gasteiger partial charge in [0, 0.05) is 5.33 Å². The molecule has 0 aromatic heterocycles. The van der Waals surface area contributed by atoms with E-state index in [9.17, 15) is 0 Å². The van der Waals surface area contributed by atoms with Gasteiger partial charge in [-0.05, 0) is 24.1 Å². The molecule has 0 spiro atoms. The van der Waals surface area contributed by atoms with E-state index < -0.39 is 0 Å². The molecule has 0 unspecified atom stereocenters. The fraction of sp³-hybridized carbons (Fsp3) is 0.250. The molecule has 1 N–H and O–H groups in total. The average molecular weight is 201 g/mol. The first-order valence-electron chi connectivity index (χ1n) is 3.08. The van der Waals surface area contributed by atoms with E-state index in [4.69, 9.17) is 5.11 Å². The molecular weight excluding hydrogens is 192 g/mol. The van der Waals surface area contributed by atoms with Gasteiger partial charge in [-0.2, -0.15) is 0 Å². The molecule has 0 bridgehead atoms. The fourth-order valence-electron chi connectivity index (χ4n) is 0.801. The van der Waals surface area contributed by atoms with E-state index in [2.05, 4.69) is 15.9 Å². The lowest BCUT2D eigenvalue weighted by atomic mass is 10.1. The van der Waals surface area contributed by atoms with Gasteiger partial charge in [0.25, 0.3) is 0 Å². The first kappa shape index (κ1) is 7.61. The average Bonchev–Trinajstić information content (AvgIpc) is 1.95. The summed E-state index contributed by atoms with van der Waals surface area (Å²) >= 11 is 3.33. The monoisotopic (exact) mass is 200 g/mol. The zero-order valence-corrected chi connectivity index (χ0v) is 7.35. The van der Waals surface area contributed by atoms with Crippen LogP contribution in [0.25, 0.3) is 0 Å². The summed E-state index contributed by atoms with van der Waals surface area (Å²) in [6.07, 6.45) is 0. The summed E-state index contributed by atoms with van der Waals surface area (Å²) < 4.78 is 0. The van der Waals surface area contributed by atoms with E-state index in [0.717, 1.165) is 10.9 Å². The molecule has 0 atom stereocenters. The van der Waals surface area contributed by atoms with Gasteiger partial charge in [0.1, 0.15) is 5.75 Å². The molecule has 0 saturated carbocycles. The minimum atomic E-state index is 0.365. The van der Waals surface area contributed by atoms with Gasteiger partial charge in [0.05, 0.1) is 0 Å². The van der Waals surface area contributed by atoms with Crippen molar-refractivity contribution in [1.82, 2.24) is 0 Å². The third-order valence-corrected chi connectivity index (χ3v) is 2.06. The minimum Gasteiger partial charge on any atom is -0.508 e. The van der Waals surface area contributed by atoms with Crippen LogP contribution in [-0.4, -0.2) is 5.11 Å².